The zero-order valence-corrected chi connectivity index (χ0v) is 12.5. The number of methoxy groups -OCH3 is 1. The molecule has 0 aliphatic heterocycles. The van der Waals surface area contributed by atoms with Gasteiger partial charge in [0.2, 0.25) is 5.78 Å². The molecule has 0 aliphatic carbocycles. The highest BCUT2D eigenvalue weighted by molar-refractivity contribution is 6.03. The Morgan fingerprint density at radius 3 is 2.67 bits per heavy atom. The van der Waals surface area contributed by atoms with E-state index in [2.05, 4.69) is 4.98 Å². The predicted octanol–water partition coefficient (Wildman–Crippen LogP) is 2.41. The number of nitrogens with zero attached hydrogens (tertiary/aromatic N) is 3. The molecular weight excluding hydrogens is 266 g/mol. The Morgan fingerprint density at radius 2 is 2.05 bits per heavy atom. The molecule has 0 unspecified atom stereocenters. The maximum Gasteiger partial charge on any atom is 0.207 e. The van der Waals surface area contributed by atoms with E-state index >= 15 is 0 Å². The van der Waals surface area contributed by atoms with Gasteiger partial charge in [0, 0.05) is 45.2 Å². The number of aromatic nitrogens is 2. The Balaban J connectivity index is 2.35. The molecule has 0 aliphatic rings. The third-order valence-corrected chi connectivity index (χ3v) is 2.85. The third-order valence-electron chi connectivity index (χ3n) is 2.85. The first kappa shape index (κ1) is 15.0. The number of hydrogen-bond donors (Lipinski definition) is 0. The number of hydrogen-bond acceptors (Lipinski definition) is 4. The second-order valence-corrected chi connectivity index (χ2v) is 4.85. The first-order valence-corrected chi connectivity index (χ1v) is 6.62. The van der Waals surface area contributed by atoms with Crippen LogP contribution in [0.25, 0.3) is 11.4 Å². The van der Waals surface area contributed by atoms with Crippen LogP contribution in [0.3, 0.4) is 0 Å². The molecule has 21 heavy (non-hydrogen) atoms. The third kappa shape index (κ3) is 3.79. The molecule has 110 valence electrons. The van der Waals surface area contributed by atoms with Crippen molar-refractivity contribution in [2.45, 2.75) is 6.73 Å². The van der Waals surface area contributed by atoms with Gasteiger partial charge in [-0.1, -0.05) is 30.3 Å². The van der Waals surface area contributed by atoms with Gasteiger partial charge >= 0.3 is 0 Å². The van der Waals surface area contributed by atoms with Crippen LogP contribution < -0.4 is 0 Å². The highest BCUT2D eigenvalue weighted by Crippen LogP contribution is 2.19. The van der Waals surface area contributed by atoms with E-state index in [1.54, 1.807) is 19.5 Å². The standard InChI is InChI=1S/C16H19N3O2/c1-18(2)10-9-15(20)14-11-19(12-21-3)16(17-14)13-7-5-4-6-8-13/h4-11H,12H2,1-3H3. The average molecular weight is 285 g/mol. The smallest absolute Gasteiger partial charge is 0.207 e. The number of ketones is 1. The molecule has 5 nitrogen and oxygen atoms in total. The van der Waals surface area contributed by atoms with Crippen molar-refractivity contribution >= 4 is 5.78 Å². The SMILES string of the molecule is COCn1cc(C(=O)C=CN(C)C)nc1-c1ccccc1. The van der Waals surface area contributed by atoms with Crippen LogP contribution in [0.1, 0.15) is 10.5 Å². The van der Waals surface area contributed by atoms with Crippen LogP contribution in [0.5, 0.6) is 0 Å². The summed E-state index contributed by atoms with van der Waals surface area (Å²) in [5.41, 5.74) is 1.36. The second-order valence-electron chi connectivity index (χ2n) is 4.85. The number of ether oxygens (including phenoxy) is 1. The number of rotatable bonds is 6. The monoisotopic (exact) mass is 285 g/mol. The van der Waals surface area contributed by atoms with Gasteiger partial charge in [-0.15, -0.1) is 0 Å². The van der Waals surface area contributed by atoms with E-state index in [4.69, 9.17) is 4.74 Å². The van der Waals surface area contributed by atoms with E-state index in [0.29, 0.717) is 12.4 Å². The molecule has 0 atom stereocenters. The van der Waals surface area contributed by atoms with Crippen molar-refractivity contribution in [2.24, 2.45) is 0 Å². The molecule has 0 bridgehead atoms. The summed E-state index contributed by atoms with van der Waals surface area (Å²) in [6.45, 7) is 0.349. The van der Waals surface area contributed by atoms with Crippen molar-refractivity contribution in [2.75, 3.05) is 21.2 Å². The molecule has 0 radical (unpaired) electrons. The number of allylic oxidation sites excluding steroid dienone is 1. The van der Waals surface area contributed by atoms with Gasteiger partial charge in [0.15, 0.2) is 0 Å². The summed E-state index contributed by atoms with van der Waals surface area (Å²) in [6.07, 6.45) is 4.93. The lowest BCUT2D eigenvalue weighted by molar-refractivity contribution is 0.104. The van der Waals surface area contributed by atoms with E-state index in [1.807, 2.05) is 53.9 Å². The van der Waals surface area contributed by atoms with Gasteiger partial charge in [0.1, 0.15) is 18.2 Å². The fraction of sp³-hybridized carbons (Fsp3) is 0.250. The molecule has 1 aromatic carbocycles. The number of benzene rings is 1. The average Bonchev–Trinajstić information content (AvgIpc) is 2.90. The van der Waals surface area contributed by atoms with Gasteiger partial charge in [-0.3, -0.25) is 4.79 Å². The lowest BCUT2D eigenvalue weighted by atomic mass is 10.2. The van der Waals surface area contributed by atoms with Gasteiger partial charge < -0.3 is 14.2 Å². The van der Waals surface area contributed by atoms with Crippen molar-refractivity contribution in [3.05, 3.63) is 54.5 Å². The van der Waals surface area contributed by atoms with Crippen molar-refractivity contribution in [3.8, 4) is 11.4 Å². The first-order valence-electron chi connectivity index (χ1n) is 6.62. The topological polar surface area (TPSA) is 47.4 Å². The molecule has 0 saturated heterocycles. The maximum atomic E-state index is 12.1. The highest BCUT2D eigenvalue weighted by atomic mass is 16.5. The van der Waals surface area contributed by atoms with Gasteiger partial charge in [-0.05, 0) is 0 Å². The summed E-state index contributed by atoms with van der Waals surface area (Å²) in [5.74, 6) is 0.592. The van der Waals surface area contributed by atoms with Crippen LogP contribution in [-0.4, -0.2) is 41.4 Å². The summed E-state index contributed by atoms with van der Waals surface area (Å²) in [6, 6.07) is 9.74. The van der Waals surface area contributed by atoms with E-state index in [1.165, 1.54) is 6.08 Å². The highest BCUT2D eigenvalue weighted by Gasteiger charge is 2.13. The summed E-state index contributed by atoms with van der Waals surface area (Å²) in [4.78, 5) is 18.4. The lowest BCUT2D eigenvalue weighted by Crippen LogP contribution is -2.03. The molecule has 2 rings (SSSR count). The van der Waals surface area contributed by atoms with Gasteiger partial charge in [0.05, 0.1) is 0 Å². The van der Waals surface area contributed by atoms with Crippen LogP contribution in [0.15, 0.2) is 48.8 Å². The maximum absolute atomic E-state index is 12.1. The molecule has 0 fully saturated rings. The Bertz CT molecular complexity index is 630. The van der Waals surface area contributed by atoms with Gasteiger partial charge in [-0.2, -0.15) is 0 Å². The largest absolute Gasteiger partial charge is 0.383 e. The minimum atomic E-state index is -0.129. The number of carbonyl (C=O) groups is 1. The molecule has 1 heterocycles. The molecule has 1 aromatic heterocycles. The van der Waals surface area contributed by atoms with Crippen LogP contribution in [-0.2, 0) is 11.5 Å². The Kier molecular flexibility index (Phi) is 4.90. The molecule has 5 heteroatoms. The molecule has 0 spiro atoms. The fourth-order valence-corrected chi connectivity index (χ4v) is 1.89. The van der Waals surface area contributed by atoms with E-state index < -0.39 is 0 Å². The molecular formula is C16H19N3O2. The molecule has 0 amide bonds. The summed E-state index contributed by atoms with van der Waals surface area (Å²) in [5, 5.41) is 0. The van der Waals surface area contributed by atoms with Crippen molar-refractivity contribution in [1.82, 2.24) is 14.5 Å². The number of carbonyl (C=O) groups excluding carboxylic acids is 1. The van der Waals surface area contributed by atoms with Crippen molar-refractivity contribution in [3.63, 3.8) is 0 Å². The zero-order chi connectivity index (χ0) is 15.2. The van der Waals surface area contributed by atoms with Crippen LogP contribution in [0.4, 0.5) is 0 Å². The summed E-state index contributed by atoms with van der Waals surface area (Å²) in [7, 11) is 5.34. The Hall–Kier alpha value is -2.40. The quantitative estimate of drug-likeness (QED) is 0.604. The van der Waals surface area contributed by atoms with Crippen molar-refractivity contribution in [1.29, 1.82) is 0 Å². The molecule has 2 aromatic rings. The van der Waals surface area contributed by atoms with E-state index in [9.17, 15) is 4.79 Å². The first-order chi connectivity index (χ1) is 10.1. The second kappa shape index (κ2) is 6.85. The molecule has 0 N–H and O–H groups in total. The van der Waals surface area contributed by atoms with Crippen LogP contribution in [0, 0.1) is 0 Å². The Labute approximate surface area is 124 Å². The van der Waals surface area contributed by atoms with E-state index in [-0.39, 0.29) is 5.78 Å². The fourth-order valence-electron chi connectivity index (χ4n) is 1.89. The zero-order valence-electron chi connectivity index (χ0n) is 12.5. The van der Waals surface area contributed by atoms with Crippen molar-refractivity contribution < 1.29 is 9.53 Å². The minimum Gasteiger partial charge on any atom is -0.383 e. The van der Waals surface area contributed by atoms with Gasteiger partial charge in [-0.25, -0.2) is 4.98 Å². The predicted molar refractivity (Wildman–Crippen MR) is 81.8 cm³/mol. The van der Waals surface area contributed by atoms with Crippen LogP contribution >= 0.6 is 0 Å². The summed E-state index contributed by atoms with van der Waals surface area (Å²) >= 11 is 0. The minimum absolute atomic E-state index is 0.129. The van der Waals surface area contributed by atoms with Crippen LogP contribution in [0.2, 0.25) is 0 Å². The summed E-state index contributed by atoms with van der Waals surface area (Å²) < 4.78 is 6.99. The van der Waals surface area contributed by atoms with Gasteiger partial charge in [0.25, 0.3) is 0 Å². The lowest BCUT2D eigenvalue weighted by Gasteiger charge is -2.05. The normalized spacial score (nSPS) is 11.0. The number of imidazole rings is 1. The Morgan fingerprint density at radius 1 is 1.33 bits per heavy atom. The van der Waals surface area contributed by atoms with E-state index in [0.717, 1.165) is 11.4 Å². The molecule has 0 saturated carbocycles.